The van der Waals surface area contributed by atoms with Gasteiger partial charge in [0.15, 0.2) is 0 Å². The van der Waals surface area contributed by atoms with Crippen molar-refractivity contribution in [3.05, 3.63) is 35.5 Å². The Morgan fingerprint density at radius 2 is 1.89 bits per heavy atom. The number of aromatic nitrogens is 1. The molecule has 3 fully saturated rings. The molecule has 0 saturated heterocycles. The van der Waals surface area contributed by atoms with E-state index in [9.17, 15) is 23.1 Å². The molecule has 1 aromatic heterocycles. The molecule has 7 heteroatoms. The van der Waals surface area contributed by atoms with Crippen molar-refractivity contribution in [2.75, 3.05) is 13.6 Å². The maximum Gasteiger partial charge on any atom is 0.401 e. The topological polar surface area (TPSA) is 45.5 Å². The van der Waals surface area contributed by atoms with Gasteiger partial charge in [-0.3, -0.25) is 4.90 Å². The van der Waals surface area contributed by atoms with Gasteiger partial charge in [0.1, 0.15) is 0 Å². The first-order valence-electron chi connectivity index (χ1n) is 9.11. The van der Waals surface area contributed by atoms with E-state index in [0.717, 1.165) is 24.8 Å². The van der Waals surface area contributed by atoms with E-state index >= 15 is 0 Å². The second kappa shape index (κ2) is 5.50. The summed E-state index contributed by atoms with van der Waals surface area (Å²) in [7, 11) is 1.56. The van der Waals surface area contributed by atoms with Gasteiger partial charge < -0.3 is 9.67 Å². The molecule has 3 aliphatic rings. The van der Waals surface area contributed by atoms with Crippen LogP contribution in [-0.2, 0) is 0 Å². The number of fused-ring (bicyclic) bond motifs is 1. The quantitative estimate of drug-likeness (QED) is 0.823. The third-order valence-corrected chi connectivity index (χ3v) is 6.91. The Morgan fingerprint density at radius 1 is 1.30 bits per heavy atom. The van der Waals surface area contributed by atoms with Crippen molar-refractivity contribution in [3.8, 4) is 0 Å². The Morgan fingerprint density at radius 3 is 2.44 bits per heavy atom. The number of aromatic carboxylic acids is 1. The molecule has 1 N–H and O–H groups in total. The molecule has 1 atom stereocenters. The van der Waals surface area contributed by atoms with Gasteiger partial charge in [0.05, 0.1) is 12.1 Å². The molecular weight excluding hydrogens is 357 g/mol. The Kier molecular flexibility index (Phi) is 3.74. The molecule has 3 saturated carbocycles. The second-order valence-electron chi connectivity index (χ2n) is 8.42. The first kappa shape index (κ1) is 18.3. The van der Waals surface area contributed by atoms with Crippen LogP contribution in [0, 0.1) is 12.3 Å². The average molecular weight is 380 g/mol. The van der Waals surface area contributed by atoms with Gasteiger partial charge in [0, 0.05) is 28.2 Å². The zero-order valence-electron chi connectivity index (χ0n) is 15.6. The summed E-state index contributed by atoms with van der Waals surface area (Å²) in [6.45, 7) is 3.00. The molecule has 1 aromatic carbocycles. The fraction of sp³-hybridized carbons (Fsp3) is 0.550. The first-order chi connectivity index (χ1) is 12.5. The van der Waals surface area contributed by atoms with Gasteiger partial charge in [-0.2, -0.15) is 13.2 Å². The third-order valence-electron chi connectivity index (χ3n) is 6.91. The molecule has 1 unspecified atom stereocenters. The molecule has 2 aromatic rings. The number of carboxylic acids is 1. The van der Waals surface area contributed by atoms with Crippen LogP contribution in [0.3, 0.4) is 0 Å². The summed E-state index contributed by atoms with van der Waals surface area (Å²) < 4.78 is 40.3. The minimum atomic E-state index is -4.19. The van der Waals surface area contributed by atoms with Gasteiger partial charge >= 0.3 is 12.1 Å². The number of alkyl halides is 3. The summed E-state index contributed by atoms with van der Waals surface area (Å²) in [5.41, 5.74) is 1.49. The van der Waals surface area contributed by atoms with Gasteiger partial charge in [-0.05, 0) is 51.6 Å². The van der Waals surface area contributed by atoms with Gasteiger partial charge in [0.25, 0.3) is 0 Å². The number of benzene rings is 1. The molecular formula is C20H23F3N2O2. The van der Waals surface area contributed by atoms with Crippen LogP contribution in [0.1, 0.15) is 48.3 Å². The molecule has 0 aliphatic heterocycles. The number of carboxylic acid groups (broad SMARTS) is 1. The van der Waals surface area contributed by atoms with Crippen molar-refractivity contribution in [2.45, 2.75) is 50.9 Å². The van der Waals surface area contributed by atoms with E-state index in [-0.39, 0.29) is 17.0 Å². The van der Waals surface area contributed by atoms with Crippen molar-refractivity contribution in [3.63, 3.8) is 0 Å². The predicted molar refractivity (Wildman–Crippen MR) is 96.0 cm³/mol. The van der Waals surface area contributed by atoms with Crippen LogP contribution < -0.4 is 0 Å². The number of nitrogens with zero attached hydrogens (tertiary/aromatic N) is 2. The van der Waals surface area contributed by atoms with E-state index < -0.39 is 18.7 Å². The largest absolute Gasteiger partial charge is 0.478 e. The molecule has 1 heterocycles. The van der Waals surface area contributed by atoms with Gasteiger partial charge in [0.2, 0.25) is 0 Å². The molecule has 5 rings (SSSR count). The maximum atomic E-state index is 12.7. The van der Waals surface area contributed by atoms with E-state index in [1.807, 2.05) is 31.2 Å². The smallest absolute Gasteiger partial charge is 0.401 e. The summed E-state index contributed by atoms with van der Waals surface area (Å²) >= 11 is 0. The standard InChI is InChI=1S/C20H23F3N2O2/c1-12-16(17(26)27)14-6-4-5-7-15(14)25(12)13(2)18-8-19(9-18,10-18)24(3)11-20(21,22)23/h4-7,13H,8-11H2,1-3H3,(H,26,27). The zero-order chi connectivity index (χ0) is 19.8. The zero-order valence-corrected chi connectivity index (χ0v) is 15.6. The molecule has 4 nitrogen and oxygen atoms in total. The molecule has 2 bridgehead atoms. The number of carbonyl (C=O) groups is 1. The average Bonchev–Trinajstić information content (AvgIpc) is 2.74. The highest BCUT2D eigenvalue weighted by molar-refractivity contribution is 6.05. The van der Waals surface area contributed by atoms with Crippen molar-refractivity contribution >= 4 is 16.9 Å². The molecule has 3 aliphatic carbocycles. The number of rotatable bonds is 5. The summed E-state index contributed by atoms with van der Waals surface area (Å²) in [6, 6.07) is 7.48. The molecule has 0 radical (unpaired) electrons. The van der Waals surface area contributed by atoms with E-state index in [2.05, 4.69) is 11.5 Å². The maximum absolute atomic E-state index is 12.7. The summed E-state index contributed by atoms with van der Waals surface area (Å²) in [5, 5.41) is 10.4. The second-order valence-corrected chi connectivity index (χ2v) is 8.42. The highest BCUT2D eigenvalue weighted by Crippen LogP contribution is 2.74. The summed E-state index contributed by atoms with van der Waals surface area (Å²) in [6.07, 6.45) is -2.02. The van der Waals surface area contributed by atoms with E-state index in [4.69, 9.17) is 0 Å². The summed E-state index contributed by atoms with van der Waals surface area (Å²) in [4.78, 5) is 13.2. The van der Waals surface area contributed by atoms with Crippen LogP contribution >= 0.6 is 0 Å². The van der Waals surface area contributed by atoms with Gasteiger partial charge in [-0.1, -0.05) is 18.2 Å². The van der Waals surface area contributed by atoms with Crippen molar-refractivity contribution < 1.29 is 23.1 Å². The third kappa shape index (κ3) is 2.51. The predicted octanol–water partition coefficient (Wildman–Crippen LogP) is 4.63. The molecule has 27 heavy (non-hydrogen) atoms. The number of halogens is 3. The monoisotopic (exact) mass is 380 g/mol. The van der Waals surface area contributed by atoms with Crippen LogP contribution in [0.5, 0.6) is 0 Å². The van der Waals surface area contributed by atoms with E-state index in [1.54, 1.807) is 7.05 Å². The van der Waals surface area contributed by atoms with Crippen LogP contribution in [-0.4, -0.2) is 45.9 Å². The molecule has 146 valence electrons. The Bertz CT molecular complexity index is 911. The van der Waals surface area contributed by atoms with E-state index in [0.29, 0.717) is 16.6 Å². The van der Waals surface area contributed by atoms with Crippen LogP contribution in [0.25, 0.3) is 10.9 Å². The van der Waals surface area contributed by atoms with E-state index in [1.165, 1.54) is 4.90 Å². The highest BCUT2D eigenvalue weighted by Gasteiger charge is 2.72. The van der Waals surface area contributed by atoms with Gasteiger partial charge in [-0.15, -0.1) is 0 Å². The lowest BCUT2D eigenvalue weighted by atomic mass is 9.36. The van der Waals surface area contributed by atoms with Crippen LogP contribution in [0.2, 0.25) is 0 Å². The van der Waals surface area contributed by atoms with Crippen molar-refractivity contribution in [1.29, 1.82) is 0 Å². The highest BCUT2D eigenvalue weighted by atomic mass is 19.4. The Labute approximate surface area is 155 Å². The molecule has 0 spiro atoms. The number of hydrogen-bond donors (Lipinski definition) is 1. The number of hydrogen-bond acceptors (Lipinski definition) is 2. The SMILES string of the molecule is Cc1c(C(=O)O)c2ccccc2n1C(C)C12CC(N(C)CC(F)(F)F)(C1)C2. The normalized spacial score (nSPS) is 28.1. The fourth-order valence-corrected chi connectivity index (χ4v) is 5.53. The minimum Gasteiger partial charge on any atom is -0.478 e. The number of para-hydroxylation sites is 1. The fourth-order valence-electron chi connectivity index (χ4n) is 5.53. The molecule has 0 amide bonds. The van der Waals surface area contributed by atoms with Crippen molar-refractivity contribution in [1.82, 2.24) is 9.47 Å². The van der Waals surface area contributed by atoms with Crippen LogP contribution in [0.4, 0.5) is 13.2 Å². The lowest BCUT2D eigenvalue weighted by molar-refractivity contribution is -0.257. The Hall–Kier alpha value is -2.02. The minimum absolute atomic E-state index is 0.0386. The first-order valence-corrected chi connectivity index (χ1v) is 9.11. The Balaban J connectivity index is 1.63. The summed E-state index contributed by atoms with van der Waals surface area (Å²) in [5.74, 6) is -0.950. The van der Waals surface area contributed by atoms with Crippen LogP contribution in [0.15, 0.2) is 24.3 Å². The lowest BCUT2D eigenvalue weighted by Gasteiger charge is -2.75. The lowest BCUT2D eigenvalue weighted by Crippen LogP contribution is -2.76. The van der Waals surface area contributed by atoms with Crippen molar-refractivity contribution in [2.24, 2.45) is 5.41 Å². The van der Waals surface area contributed by atoms with Gasteiger partial charge in [-0.25, -0.2) is 4.79 Å².